The van der Waals surface area contributed by atoms with Gasteiger partial charge in [0.15, 0.2) is 5.78 Å². The molecule has 1 saturated heterocycles. The van der Waals surface area contributed by atoms with Crippen molar-refractivity contribution in [3.63, 3.8) is 0 Å². The SMILES string of the molecule is CN(C)C[C@@H](CC(=O)[C@@H]1C[C@H]2C[C@H]2N1C(=O)Nc1cn(C(N)=O)c2ccccc12)c1cccc(Cl)c1F. The zero-order valence-corrected chi connectivity index (χ0v) is 21.4. The second-order valence-electron chi connectivity index (χ2n) is 10.2. The molecule has 1 aliphatic heterocycles. The van der Waals surface area contributed by atoms with Crippen LogP contribution < -0.4 is 11.1 Å². The van der Waals surface area contributed by atoms with Crippen molar-refractivity contribution in [3.8, 4) is 0 Å². The second-order valence-corrected chi connectivity index (χ2v) is 10.6. The lowest BCUT2D eigenvalue weighted by Gasteiger charge is -2.29. The zero-order chi connectivity index (χ0) is 26.4. The first-order valence-electron chi connectivity index (χ1n) is 12.3. The molecule has 0 bridgehead atoms. The molecule has 3 N–H and O–H groups in total. The average Bonchev–Trinajstić information content (AvgIpc) is 3.35. The maximum Gasteiger partial charge on any atom is 0.323 e. The summed E-state index contributed by atoms with van der Waals surface area (Å²) >= 11 is 6.02. The van der Waals surface area contributed by atoms with Crippen molar-refractivity contribution in [2.45, 2.75) is 37.3 Å². The van der Waals surface area contributed by atoms with Gasteiger partial charge in [0, 0.05) is 36.5 Å². The fraction of sp³-hybridized carbons (Fsp3) is 0.370. The molecule has 2 heterocycles. The van der Waals surface area contributed by atoms with E-state index in [1.54, 1.807) is 35.2 Å². The lowest BCUT2D eigenvalue weighted by atomic mass is 9.89. The molecule has 2 aliphatic rings. The monoisotopic (exact) mass is 525 g/mol. The highest BCUT2D eigenvalue weighted by Gasteiger charge is 2.56. The van der Waals surface area contributed by atoms with E-state index in [1.165, 1.54) is 16.8 Å². The van der Waals surface area contributed by atoms with Gasteiger partial charge in [-0.1, -0.05) is 41.9 Å². The van der Waals surface area contributed by atoms with E-state index in [0.717, 1.165) is 6.42 Å². The van der Waals surface area contributed by atoms with E-state index in [-0.39, 0.29) is 29.2 Å². The topological polar surface area (TPSA) is 101 Å². The minimum atomic E-state index is -0.659. The Balaban J connectivity index is 1.37. The van der Waals surface area contributed by atoms with Crippen LogP contribution in [0.4, 0.5) is 19.7 Å². The summed E-state index contributed by atoms with van der Waals surface area (Å²) in [5.41, 5.74) is 6.93. The average molecular weight is 526 g/mol. The summed E-state index contributed by atoms with van der Waals surface area (Å²) < 4.78 is 16.1. The zero-order valence-electron chi connectivity index (χ0n) is 20.7. The number of ketones is 1. The number of likely N-dealkylation sites (tertiary alicyclic amines) is 1. The number of urea groups is 1. The normalized spacial score (nSPS) is 21.2. The van der Waals surface area contributed by atoms with Gasteiger partial charge in [0.1, 0.15) is 5.82 Å². The molecule has 194 valence electrons. The molecule has 0 unspecified atom stereocenters. The van der Waals surface area contributed by atoms with Crippen LogP contribution in [0.2, 0.25) is 5.02 Å². The van der Waals surface area contributed by atoms with Crippen LogP contribution in [-0.2, 0) is 4.79 Å². The fourth-order valence-corrected chi connectivity index (χ4v) is 5.79. The highest BCUT2D eigenvalue weighted by Crippen LogP contribution is 2.49. The molecule has 1 aliphatic carbocycles. The van der Waals surface area contributed by atoms with Gasteiger partial charge in [-0.15, -0.1) is 0 Å². The number of Topliss-reactive ketones (excluding diaryl/α,β-unsaturated/α-hetero) is 1. The van der Waals surface area contributed by atoms with Gasteiger partial charge in [0.2, 0.25) is 0 Å². The summed E-state index contributed by atoms with van der Waals surface area (Å²) in [4.78, 5) is 42.5. The molecular formula is C27H29ClFN5O3. The summed E-state index contributed by atoms with van der Waals surface area (Å²) in [7, 11) is 3.74. The molecule has 0 radical (unpaired) electrons. The first kappa shape index (κ1) is 25.2. The number of likely N-dealkylation sites (N-methyl/N-ethyl adjacent to an activating group) is 1. The first-order chi connectivity index (χ1) is 17.7. The molecule has 1 aromatic heterocycles. The van der Waals surface area contributed by atoms with Gasteiger partial charge in [-0.05, 0) is 50.6 Å². The molecule has 10 heteroatoms. The Morgan fingerprint density at radius 1 is 1.16 bits per heavy atom. The molecule has 37 heavy (non-hydrogen) atoms. The number of primary amides is 1. The predicted molar refractivity (Wildman–Crippen MR) is 140 cm³/mol. The number of para-hydroxylation sites is 1. The Morgan fingerprint density at radius 2 is 1.92 bits per heavy atom. The van der Waals surface area contributed by atoms with Crippen molar-refractivity contribution in [2.24, 2.45) is 11.7 Å². The summed E-state index contributed by atoms with van der Waals surface area (Å²) in [6, 6.07) is 10.3. The maximum absolute atomic E-state index is 14.9. The molecule has 3 aromatic rings. The van der Waals surface area contributed by atoms with Gasteiger partial charge in [0.05, 0.1) is 22.3 Å². The van der Waals surface area contributed by atoms with Crippen molar-refractivity contribution < 1.29 is 18.8 Å². The number of benzene rings is 2. The fourth-order valence-electron chi connectivity index (χ4n) is 5.61. The van der Waals surface area contributed by atoms with E-state index < -0.39 is 29.8 Å². The minimum absolute atomic E-state index is 0.00588. The molecule has 5 rings (SSSR count). The van der Waals surface area contributed by atoms with Crippen molar-refractivity contribution in [1.29, 1.82) is 0 Å². The van der Waals surface area contributed by atoms with Gasteiger partial charge in [-0.25, -0.2) is 14.0 Å². The largest absolute Gasteiger partial charge is 0.351 e. The van der Waals surface area contributed by atoms with Crippen molar-refractivity contribution in [2.75, 3.05) is 26.0 Å². The standard InChI is InChI=1S/C27H29ClFN5O3/c1-32(2)13-16(17-7-5-8-19(28)25(17)29)12-24(35)23-11-15-10-22(15)34(23)27(37)31-20-14-33(26(30)36)21-9-4-3-6-18(20)21/h3-9,14-16,22-23H,10-13H2,1-2H3,(H2,30,36)(H,31,37)/t15-,16-,22-,23+/m1/s1. The molecular weight excluding hydrogens is 497 g/mol. The number of amides is 3. The highest BCUT2D eigenvalue weighted by atomic mass is 35.5. The van der Waals surface area contributed by atoms with Crippen LogP contribution in [0, 0.1) is 11.7 Å². The number of fused-ring (bicyclic) bond motifs is 2. The number of nitrogens with zero attached hydrogens (tertiary/aromatic N) is 3. The number of rotatable bonds is 7. The minimum Gasteiger partial charge on any atom is -0.351 e. The summed E-state index contributed by atoms with van der Waals surface area (Å²) in [6.07, 6.45) is 3.03. The van der Waals surface area contributed by atoms with E-state index in [9.17, 15) is 18.8 Å². The van der Waals surface area contributed by atoms with Crippen molar-refractivity contribution in [3.05, 3.63) is 65.1 Å². The van der Waals surface area contributed by atoms with Crippen LogP contribution in [0.1, 0.15) is 30.7 Å². The molecule has 4 atom stereocenters. The summed E-state index contributed by atoms with van der Waals surface area (Å²) in [5, 5.41) is 3.59. The lowest BCUT2D eigenvalue weighted by Crippen LogP contribution is -2.45. The number of hydrogen-bond donors (Lipinski definition) is 2. The number of piperidine rings is 1. The lowest BCUT2D eigenvalue weighted by molar-refractivity contribution is -0.123. The molecule has 2 fully saturated rings. The molecule has 1 saturated carbocycles. The van der Waals surface area contributed by atoms with Gasteiger partial charge >= 0.3 is 12.1 Å². The Kier molecular flexibility index (Phi) is 6.68. The Bertz CT molecular complexity index is 1390. The number of aromatic nitrogens is 1. The third-order valence-electron chi connectivity index (χ3n) is 7.36. The van der Waals surface area contributed by atoms with Crippen LogP contribution in [0.3, 0.4) is 0 Å². The van der Waals surface area contributed by atoms with E-state index in [0.29, 0.717) is 35.1 Å². The molecule has 3 amide bonds. The first-order valence-corrected chi connectivity index (χ1v) is 12.6. The smallest absolute Gasteiger partial charge is 0.323 e. The van der Waals surface area contributed by atoms with Gasteiger partial charge in [-0.2, -0.15) is 0 Å². The number of nitrogens with two attached hydrogens (primary N) is 1. The Hall–Kier alpha value is -3.43. The number of anilines is 1. The van der Waals surface area contributed by atoms with Gasteiger partial charge < -0.3 is 20.9 Å². The third-order valence-corrected chi connectivity index (χ3v) is 7.65. The summed E-state index contributed by atoms with van der Waals surface area (Å²) in [5.74, 6) is -0.745. The van der Waals surface area contributed by atoms with E-state index >= 15 is 0 Å². The second kappa shape index (κ2) is 9.79. The van der Waals surface area contributed by atoms with Crippen LogP contribution in [0.5, 0.6) is 0 Å². The van der Waals surface area contributed by atoms with Crippen LogP contribution >= 0.6 is 11.6 Å². The highest BCUT2D eigenvalue weighted by molar-refractivity contribution is 6.30. The molecule has 0 spiro atoms. The van der Waals surface area contributed by atoms with Crippen molar-refractivity contribution in [1.82, 2.24) is 14.4 Å². The summed E-state index contributed by atoms with van der Waals surface area (Å²) in [6.45, 7) is 0.460. The van der Waals surface area contributed by atoms with Crippen LogP contribution in [-0.4, -0.2) is 64.9 Å². The maximum atomic E-state index is 14.9. The number of carbonyl (C=O) groups excluding carboxylic acids is 3. The predicted octanol–water partition coefficient (Wildman–Crippen LogP) is 4.66. The third kappa shape index (κ3) is 4.81. The Labute approximate surface area is 219 Å². The van der Waals surface area contributed by atoms with E-state index in [1.807, 2.05) is 25.1 Å². The number of halogens is 2. The van der Waals surface area contributed by atoms with Crippen LogP contribution in [0.25, 0.3) is 10.9 Å². The Morgan fingerprint density at radius 3 is 2.65 bits per heavy atom. The van der Waals surface area contributed by atoms with Gasteiger partial charge in [0.25, 0.3) is 0 Å². The quantitative estimate of drug-likeness (QED) is 0.468. The number of carbonyl (C=O) groups is 3. The number of nitrogens with one attached hydrogen (secondary N) is 1. The van der Waals surface area contributed by atoms with E-state index in [2.05, 4.69) is 5.32 Å². The molecule has 8 nitrogen and oxygen atoms in total. The van der Waals surface area contributed by atoms with E-state index in [4.69, 9.17) is 17.3 Å². The molecule has 2 aromatic carbocycles. The number of hydrogen-bond acceptors (Lipinski definition) is 4. The van der Waals surface area contributed by atoms with Crippen LogP contribution in [0.15, 0.2) is 48.7 Å². The van der Waals surface area contributed by atoms with Crippen molar-refractivity contribution >= 4 is 46.0 Å². The van der Waals surface area contributed by atoms with Gasteiger partial charge in [-0.3, -0.25) is 9.36 Å².